The molecule has 1 aliphatic rings. The summed E-state index contributed by atoms with van der Waals surface area (Å²) in [5.74, 6) is -1.32. The number of benzene rings is 2. The molecule has 0 spiro atoms. The number of nitrogens with one attached hydrogen (secondary N) is 1. The van der Waals surface area contributed by atoms with Crippen molar-refractivity contribution in [2.75, 3.05) is 5.75 Å². The maximum atomic E-state index is 12.2. The van der Waals surface area contributed by atoms with Crippen LogP contribution in [0.1, 0.15) is 48.6 Å². The van der Waals surface area contributed by atoms with Crippen LogP contribution in [0.5, 0.6) is 5.75 Å². The number of nitriles is 1. The molecule has 1 heterocycles. The molecule has 1 aliphatic carbocycles. The number of aliphatic carboxylic acids is 1. The number of sulfonamides is 1. The van der Waals surface area contributed by atoms with E-state index >= 15 is 0 Å². The molecule has 0 bridgehead atoms. The molecule has 35 heavy (non-hydrogen) atoms. The molecular formula is C24H24N4O5S2. The molecule has 9 nitrogen and oxygen atoms in total. The minimum atomic E-state index is -3.96. The van der Waals surface area contributed by atoms with Crippen LogP contribution in [0.15, 0.2) is 30.3 Å². The van der Waals surface area contributed by atoms with Crippen LogP contribution in [-0.2, 0) is 21.2 Å². The lowest BCUT2D eigenvalue weighted by Gasteiger charge is -2.15. The van der Waals surface area contributed by atoms with Crippen molar-refractivity contribution >= 4 is 27.5 Å². The Hall–Kier alpha value is -3.33. The second-order valence-corrected chi connectivity index (χ2v) is 11.1. The van der Waals surface area contributed by atoms with Gasteiger partial charge in [-0.15, -0.1) is 0 Å². The van der Waals surface area contributed by atoms with Crippen molar-refractivity contribution in [1.82, 2.24) is 14.1 Å². The monoisotopic (exact) mass is 512 g/mol. The highest BCUT2D eigenvalue weighted by Crippen LogP contribution is 2.40. The van der Waals surface area contributed by atoms with Gasteiger partial charge in [0.05, 0.1) is 11.7 Å². The van der Waals surface area contributed by atoms with Gasteiger partial charge in [-0.3, -0.25) is 4.79 Å². The molecule has 1 aromatic heterocycles. The molecule has 0 saturated carbocycles. The third kappa shape index (κ3) is 5.35. The van der Waals surface area contributed by atoms with Gasteiger partial charge in [-0.05, 0) is 80.0 Å². The zero-order chi connectivity index (χ0) is 25.3. The minimum absolute atomic E-state index is 0.0540. The fourth-order valence-electron chi connectivity index (χ4n) is 4.23. The Kier molecular flexibility index (Phi) is 6.89. The molecule has 11 heteroatoms. The summed E-state index contributed by atoms with van der Waals surface area (Å²) in [7, 11) is -3.96. The molecular weight excluding hydrogens is 488 g/mol. The summed E-state index contributed by atoms with van der Waals surface area (Å²) in [6.45, 7) is 5.74. The number of fused-ring (bicyclic) bond motifs is 1. The maximum Gasteiger partial charge on any atom is 0.320 e. The van der Waals surface area contributed by atoms with Crippen LogP contribution in [0, 0.1) is 18.3 Å². The lowest BCUT2D eigenvalue weighted by atomic mass is 9.97. The van der Waals surface area contributed by atoms with Gasteiger partial charge >= 0.3 is 5.97 Å². The van der Waals surface area contributed by atoms with E-state index in [2.05, 4.69) is 15.2 Å². The summed E-state index contributed by atoms with van der Waals surface area (Å²) in [6, 6.07) is 10.8. The van der Waals surface area contributed by atoms with Crippen LogP contribution in [0.3, 0.4) is 0 Å². The highest BCUT2D eigenvalue weighted by Gasteiger charge is 2.31. The number of carbonyl (C=O) groups is 1. The van der Waals surface area contributed by atoms with Crippen molar-refractivity contribution in [1.29, 1.82) is 5.26 Å². The largest absolute Gasteiger partial charge is 0.490 e. The zero-order valence-electron chi connectivity index (χ0n) is 19.4. The van der Waals surface area contributed by atoms with Crippen LogP contribution in [0.2, 0.25) is 0 Å². The van der Waals surface area contributed by atoms with Crippen LogP contribution in [-0.4, -0.2) is 40.7 Å². The van der Waals surface area contributed by atoms with Gasteiger partial charge in [0.1, 0.15) is 16.8 Å². The molecule has 1 atom stereocenters. The topological polar surface area (TPSA) is 142 Å². The van der Waals surface area contributed by atoms with Crippen molar-refractivity contribution in [3.05, 3.63) is 52.6 Å². The first kappa shape index (κ1) is 24.8. The maximum absolute atomic E-state index is 12.2. The Bertz CT molecular complexity index is 1440. The summed E-state index contributed by atoms with van der Waals surface area (Å²) in [4.78, 5) is 15.6. The van der Waals surface area contributed by atoms with Crippen molar-refractivity contribution in [2.24, 2.45) is 0 Å². The fraction of sp³-hybridized carbons (Fsp3) is 0.333. The Labute approximate surface area is 207 Å². The quantitative estimate of drug-likeness (QED) is 0.464. The number of ether oxygens (including phenoxy) is 1. The van der Waals surface area contributed by atoms with E-state index in [-0.39, 0.29) is 6.10 Å². The molecule has 1 unspecified atom stereocenters. The number of rotatable bonds is 8. The van der Waals surface area contributed by atoms with E-state index < -0.39 is 27.8 Å². The van der Waals surface area contributed by atoms with E-state index in [0.717, 1.165) is 27.8 Å². The molecule has 182 valence electrons. The average Bonchev–Trinajstić information content (AvgIpc) is 3.40. The first-order chi connectivity index (χ1) is 16.6. The Balaban J connectivity index is 1.66. The minimum Gasteiger partial charge on any atom is -0.490 e. The molecule has 0 fully saturated rings. The fourth-order valence-corrected chi connectivity index (χ4v) is 5.98. The van der Waals surface area contributed by atoms with Crippen LogP contribution >= 0.6 is 11.5 Å². The first-order valence-corrected chi connectivity index (χ1v) is 13.4. The van der Waals surface area contributed by atoms with Crippen LogP contribution in [0.4, 0.5) is 0 Å². The van der Waals surface area contributed by atoms with E-state index in [1.54, 1.807) is 12.1 Å². The van der Waals surface area contributed by atoms with E-state index in [9.17, 15) is 18.5 Å². The summed E-state index contributed by atoms with van der Waals surface area (Å²) in [5, 5.41) is 19.1. The summed E-state index contributed by atoms with van der Waals surface area (Å²) < 4.78 is 37.1. The predicted octanol–water partition coefficient (Wildman–Crippen LogP) is 3.83. The Morgan fingerprint density at radius 1 is 1.34 bits per heavy atom. The molecule has 3 aromatic rings. The van der Waals surface area contributed by atoms with E-state index in [4.69, 9.17) is 14.8 Å². The number of hydrogen-bond acceptors (Lipinski definition) is 8. The van der Waals surface area contributed by atoms with E-state index in [1.165, 1.54) is 11.5 Å². The number of aryl methyl sites for hydroxylation is 1. The number of hydrogen-bond donors (Lipinski definition) is 2. The molecule has 2 N–H and O–H groups in total. The van der Waals surface area contributed by atoms with E-state index in [1.807, 2.05) is 39.0 Å². The molecule has 0 saturated heterocycles. The van der Waals surface area contributed by atoms with Crippen molar-refractivity contribution < 1.29 is 23.1 Å². The van der Waals surface area contributed by atoms with E-state index in [0.29, 0.717) is 35.0 Å². The summed E-state index contributed by atoms with van der Waals surface area (Å²) >= 11 is 1.22. The third-order valence-electron chi connectivity index (χ3n) is 5.61. The van der Waals surface area contributed by atoms with Gasteiger partial charge in [-0.2, -0.15) is 9.64 Å². The highest BCUT2D eigenvalue weighted by atomic mass is 32.2. The average molecular weight is 513 g/mol. The third-order valence-corrected chi connectivity index (χ3v) is 7.65. The number of aromatic nitrogens is 2. The first-order valence-electron chi connectivity index (χ1n) is 11.0. The standard InChI is InChI=1S/C24H24N4O5S2/c1-13(2)33-20-9-5-15(10-16(20)11-25)24-26-23(27-34-24)22-14(3)4-6-17-18(22)7-8-19(17)28-35(31,32)12-21(29)30/h4-6,9-10,13,19,28H,7-8,12H2,1-3H3,(H,29,30). The van der Waals surface area contributed by atoms with Crippen LogP contribution < -0.4 is 9.46 Å². The SMILES string of the molecule is Cc1ccc2c(c1-c1nsc(-c3ccc(OC(C)C)c(C#N)c3)n1)CCC2NS(=O)(=O)CC(=O)O. The molecule has 0 amide bonds. The lowest BCUT2D eigenvalue weighted by molar-refractivity contribution is -0.134. The van der Waals surface area contributed by atoms with Gasteiger partial charge in [0.25, 0.3) is 0 Å². The van der Waals surface area contributed by atoms with Gasteiger partial charge in [0, 0.05) is 17.2 Å². The van der Waals surface area contributed by atoms with Crippen LogP contribution in [0.25, 0.3) is 22.0 Å². The van der Waals surface area contributed by atoms with Crippen molar-refractivity contribution in [3.63, 3.8) is 0 Å². The number of nitrogens with zero attached hydrogens (tertiary/aromatic N) is 3. The summed E-state index contributed by atoms with van der Waals surface area (Å²) in [5.41, 5.74) is 4.74. The van der Waals surface area contributed by atoms with Gasteiger partial charge in [0.2, 0.25) is 10.0 Å². The van der Waals surface area contributed by atoms with Crippen molar-refractivity contribution in [3.8, 4) is 33.8 Å². The predicted molar refractivity (Wildman–Crippen MR) is 132 cm³/mol. The van der Waals surface area contributed by atoms with Gasteiger partial charge in [-0.1, -0.05) is 12.1 Å². The Morgan fingerprint density at radius 2 is 2.11 bits per heavy atom. The van der Waals surface area contributed by atoms with Gasteiger partial charge in [-0.25, -0.2) is 18.1 Å². The van der Waals surface area contributed by atoms with Gasteiger partial charge < -0.3 is 9.84 Å². The smallest absolute Gasteiger partial charge is 0.320 e. The van der Waals surface area contributed by atoms with Crippen molar-refractivity contribution in [2.45, 2.75) is 45.8 Å². The number of carboxylic acids is 1. The molecule has 0 aliphatic heterocycles. The lowest BCUT2D eigenvalue weighted by Crippen LogP contribution is -2.32. The molecule has 2 aromatic carbocycles. The normalized spacial score (nSPS) is 15.1. The molecule has 4 rings (SSSR count). The second-order valence-electron chi connectivity index (χ2n) is 8.60. The highest BCUT2D eigenvalue weighted by molar-refractivity contribution is 7.90. The van der Waals surface area contributed by atoms with Gasteiger partial charge in [0.15, 0.2) is 11.6 Å². The molecule has 0 radical (unpaired) electrons. The number of carboxylic acid groups (broad SMARTS) is 1. The second kappa shape index (κ2) is 9.73. The zero-order valence-corrected chi connectivity index (χ0v) is 21.0. The Morgan fingerprint density at radius 3 is 2.80 bits per heavy atom. The summed E-state index contributed by atoms with van der Waals surface area (Å²) in [6.07, 6.45) is 1.08.